The summed E-state index contributed by atoms with van der Waals surface area (Å²) in [6, 6.07) is 7.41. The van der Waals surface area contributed by atoms with E-state index < -0.39 is 11.8 Å². The van der Waals surface area contributed by atoms with E-state index in [9.17, 15) is 4.79 Å². The first-order valence-corrected chi connectivity index (χ1v) is 9.27. The number of carbonyl (C=O) groups is 1. The van der Waals surface area contributed by atoms with Crippen molar-refractivity contribution in [3.05, 3.63) is 54.2 Å². The summed E-state index contributed by atoms with van der Waals surface area (Å²) in [6.07, 6.45) is 4.99. The molecule has 0 bridgehead atoms. The van der Waals surface area contributed by atoms with Crippen molar-refractivity contribution in [1.82, 2.24) is 19.6 Å². The Morgan fingerprint density at radius 1 is 1.24 bits per heavy atom. The van der Waals surface area contributed by atoms with Crippen molar-refractivity contribution in [3.63, 3.8) is 0 Å². The van der Waals surface area contributed by atoms with Gasteiger partial charge in [0.05, 0.1) is 6.10 Å². The van der Waals surface area contributed by atoms with Crippen LogP contribution in [0.2, 0.25) is 0 Å². The molecule has 0 amide bonds. The average molecular weight is 399 g/mol. The molecule has 154 valence electrons. The summed E-state index contributed by atoms with van der Waals surface area (Å²) in [5.41, 5.74) is 7.58. The zero-order valence-corrected chi connectivity index (χ0v) is 16.7. The number of hydrogen-bond acceptors (Lipinski definition) is 8. The van der Waals surface area contributed by atoms with Crippen LogP contribution in [-0.2, 0) is 26.2 Å². The van der Waals surface area contributed by atoms with E-state index in [-0.39, 0.29) is 12.7 Å². The van der Waals surface area contributed by atoms with Crippen LogP contribution in [0, 0.1) is 0 Å². The lowest BCUT2D eigenvalue weighted by Crippen LogP contribution is -2.28. The molecule has 3 rings (SSSR count). The van der Waals surface area contributed by atoms with Gasteiger partial charge in [-0.1, -0.05) is 0 Å². The van der Waals surface area contributed by atoms with Crippen LogP contribution in [0.4, 0.5) is 10.6 Å². The number of carbonyl (C=O) groups excluding carboxylic acids is 1. The fraction of sp³-hybridized carbons (Fsp3) is 0.400. The number of anilines is 1. The Kier molecular flexibility index (Phi) is 6.28. The number of ether oxygens (including phenoxy) is 3. The summed E-state index contributed by atoms with van der Waals surface area (Å²) in [4.78, 5) is 20.1. The number of methoxy groups -OCH3 is 1. The van der Waals surface area contributed by atoms with Crippen LogP contribution in [0.5, 0.6) is 0 Å². The van der Waals surface area contributed by atoms with E-state index in [1.165, 1.54) is 6.33 Å². The molecule has 0 aliphatic heterocycles. The largest absolute Gasteiger partial charge is 0.509 e. The van der Waals surface area contributed by atoms with Gasteiger partial charge in [-0.3, -0.25) is 4.98 Å². The molecule has 9 nitrogen and oxygen atoms in total. The van der Waals surface area contributed by atoms with Crippen LogP contribution in [0.15, 0.2) is 43.0 Å². The molecule has 3 heterocycles. The summed E-state index contributed by atoms with van der Waals surface area (Å²) in [5.74, 6) is 0.428. The highest BCUT2D eigenvalue weighted by Crippen LogP contribution is 2.24. The molecule has 0 aliphatic rings. The monoisotopic (exact) mass is 399 g/mol. The number of nitrogens with two attached hydrogens (primary N) is 1. The van der Waals surface area contributed by atoms with E-state index in [1.54, 1.807) is 50.0 Å². The van der Waals surface area contributed by atoms with Gasteiger partial charge in [0.15, 0.2) is 5.82 Å². The smallest absolute Gasteiger partial charge is 0.432 e. The van der Waals surface area contributed by atoms with Crippen molar-refractivity contribution in [3.8, 4) is 0 Å². The second kappa shape index (κ2) is 8.87. The van der Waals surface area contributed by atoms with Gasteiger partial charge in [-0.25, -0.2) is 14.3 Å². The van der Waals surface area contributed by atoms with Crippen molar-refractivity contribution < 1.29 is 19.0 Å². The molecule has 9 heteroatoms. The van der Waals surface area contributed by atoms with Crippen LogP contribution in [0.1, 0.15) is 31.5 Å². The van der Waals surface area contributed by atoms with Gasteiger partial charge in [0.2, 0.25) is 0 Å². The first-order chi connectivity index (χ1) is 13.9. The molecule has 0 spiro atoms. The van der Waals surface area contributed by atoms with Crippen molar-refractivity contribution >= 4 is 17.5 Å². The Balaban J connectivity index is 1.52. The number of aryl methyl sites for hydroxylation is 1. The molecule has 1 atom stereocenters. The summed E-state index contributed by atoms with van der Waals surface area (Å²) in [5, 5.41) is 4.22. The first kappa shape index (κ1) is 20.5. The highest BCUT2D eigenvalue weighted by molar-refractivity contribution is 5.65. The maximum atomic E-state index is 12.1. The normalized spacial score (nSPS) is 12.7. The van der Waals surface area contributed by atoms with Crippen molar-refractivity contribution in [2.24, 2.45) is 0 Å². The van der Waals surface area contributed by atoms with Crippen LogP contribution in [-0.4, -0.2) is 45.6 Å². The number of nitrogen functional groups attached to an aromatic ring is 1. The van der Waals surface area contributed by atoms with E-state index >= 15 is 0 Å². The Morgan fingerprint density at radius 3 is 2.72 bits per heavy atom. The number of hydrogen-bond donors (Lipinski definition) is 1. The fourth-order valence-electron chi connectivity index (χ4n) is 2.99. The number of pyridine rings is 1. The molecule has 3 aromatic rings. The third-order valence-corrected chi connectivity index (χ3v) is 4.72. The van der Waals surface area contributed by atoms with Crippen LogP contribution >= 0.6 is 0 Å². The molecule has 0 aliphatic carbocycles. The molecule has 1 unspecified atom stereocenters. The lowest BCUT2D eigenvalue weighted by atomic mass is 10.00. The highest BCUT2D eigenvalue weighted by atomic mass is 16.7. The van der Waals surface area contributed by atoms with Gasteiger partial charge in [-0.15, -0.1) is 0 Å². The van der Waals surface area contributed by atoms with Gasteiger partial charge in [0.1, 0.15) is 24.1 Å². The summed E-state index contributed by atoms with van der Waals surface area (Å²) >= 11 is 0. The van der Waals surface area contributed by atoms with Gasteiger partial charge in [-0.2, -0.15) is 5.10 Å². The summed E-state index contributed by atoms with van der Waals surface area (Å²) in [6.45, 7) is 3.67. The van der Waals surface area contributed by atoms with Crippen molar-refractivity contribution in [2.75, 3.05) is 19.5 Å². The van der Waals surface area contributed by atoms with E-state index in [4.69, 9.17) is 19.9 Å². The number of fused-ring (bicyclic) bond motifs is 1. The van der Waals surface area contributed by atoms with Crippen molar-refractivity contribution in [2.45, 2.75) is 38.4 Å². The third kappa shape index (κ3) is 5.00. The summed E-state index contributed by atoms with van der Waals surface area (Å²) < 4.78 is 17.9. The Morgan fingerprint density at radius 2 is 2.00 bits per heavy atom. The predicted octanol–water partition coefficient (Wildman–Crippen LogP) is 2.74. The number of nitrogens with zero attached hydrogens (tertiary/aromatic N) is 4. The van der Waals surface area contributed by atoms with Crippen molar-refractivity contribution in [1.29, 1.82) is 0 Å². The topological polar surface area (TPSA) is 114 Å². The molecular formula is C20H25N5O4. The third-order valence-electron chi connectivity index (χ3n) is 4.72. The maximum Gasteiger partial charge on any atom is 0.509 e. The molecule has 3 aromatic heterocycles. The first-order valence-electron chi connectivity index (χ1n) is 9.27. The molecule has 0 aromatic carbocycles. The number of aromatic nitrogens is 4. The lowest BCUT2D eigenvalue weighted by molar-refractivity contribution is -0.0416. The van der Waals surface area contributed by atoms with Crippen LogP contribution in [0.25, 0.3) is 5.52 Å². The Hall–Kier alpha value is -3.20. The predicted molar refractivity (Wildman–Crippen MR) is 106 cm³/mol. The maximum absolute atomic E-state index is 12.1. The minimum Gasteiger partial charge on any atom is -0.432 e. The minimum absolute atomic E-state index is 0.0855. The standard InChI is InChI=1S/C20H25N5O4/c1-20(2,14-8-10-22-11-9-14)29-19(26)28-12-16(27-3)6-4-15-5-7-17-18(21)23-13-24-25(15)17/h5,7-11,13,16H,4,6,12H2,1-3H3,(H2,21,23,24). The second-order valence-corrected chi connectivity index (χ2v) is 7.07. The summed E-state index contributed by atoms with van der Waals surface area (Å²) in [7, 11) is 1.58. The highest BCUT2D eigenvalue weighted by Gasteiger charge is 2.26. The van der Waals surface area contributed by atoms with E-state index in [0.717, 1.165) is 16.8 Å². The van der Waals surface area contributed by atoms with Gasteiger partial charge in [0.25, 0.3) is 0 Å². The van der Waals surface area contributed by atoms with Gasteiger partial charge in [-0.05, 0) is 56.5 Å². The molecule has 0 saturated carbocycles. The van der Waals surface area contributed by atoms with Gasteiger partial charge >= 0.3 is 6.16 Å². The van der Waals surface area contributed by atoms with E-state index in [1.807, 2.05) is 12.1 Å². The minimum atomic E-state index is -0.826. The van der Waals surface area contributed by atoms with E-state index in [0.29, 0.717) is 18.7 Å². The van der Waals surface area contributed by atoms with Gasteiger partial charge in [0, 0.05) is 25.2 Å². The van der Waals surface area contributed by atoms with Crippen LogP contribution in [0.3, 0.4) is 0 Å². The number of rotatable bonds is 8. The Labute approximate surface area is 168 Å². The van der Waals surface area contributed by atoms with Gasteiger partial charge < -0.3 is 19.9 Å². The Bertz CT molecular complexity index is 958. The molecule has 0 fully saturated rings. The molecule has 29 heavy (non-hydrogen) atoms. The second-order valence-electron chi connectivity index (χ2n) is 7.07. The quantitative estimate of drug-likeness (QED) is 0.575. The van der Waals surface area contributed by atoms with E-state index in [2.05, 4.69) is 15.1 Å². The SMILES string of the molecule is COC(CCc1ccc2c(N)ncnn12)COC(=O)OC(C)(C)c1ccncc1. The average Bonchev–Trinajstić information content (AvgIpc) is 3.13. The molecule has 2 N–H and O–H groups in total. The molecule has 0 saturated heterocycles. The van der Waals surface area contributed by atoms with Crippen LogP contribution < -0.4 is 5.73 Å². The zero-order valence-electron chi connectivity index (χ0n) is 16.7. The lowest BCUT2D eigenvalue weighted by Gasteiger charge is -2.25. The fourth-order valence-corrected chi connectivity index (χ4v) is 2.99. The zero-order chi connectivity index (χ0) is 20.9. The molecule has 0 radical (unpaired) electrons. The molecular weight excluding hydrogens is 374 g/mol.